The molecule has 0 saturated carbocycles. The molecule has 178 valence electrons. The summed E-state index contributed by atoms with van der Waals surface area (Å²) in [6.07, 6.45) is 1.84. The summed E-state index contributed by atoms with van der Waals surface area (Å²) in [5, 5.41) is 2.40. The lowest BCUT2D eigenvalue weighted by Crippen LogP contribution is -1.95. The van der Waals surface area contributed by atoms with E-state index in [1.165, 1.54) is 16.3 Å². The minimum atomic E-state index is 0.886. The van der Waals surface area contributed by atoms with E-state index in [1.54, 1.807) is 0 Å². The van der Waals surface area contributed by atoms with Gasteiger partial charge in [0.25, 0.3) is 0 Å². The zero-order valence-corrected chi connectivity index (χ0v) is 20.6. The van der Waals surface area contributed by atoms with Gasteiger partial charge in [-0.1, -0.05) is 109 Å². The number of nitrogens with zero attached hydrogens (tertiary/aromatic N) is 3. The van der Waals surface area contributed by atoms with Crippen molar-refractivity contribution < 1.29 is 0 Å². The Morgan fingerprint density at radius 1 is 0.368 bits per heavy atom. The van der Waals surface area contributed by atoms with Gasteiger partial charge in [-0.25, -0.2) is 9.97 Å². The van der Waals surface area contributed by atoms with E-state index in [1.807, 2.05) is 60.8 Å². The average Bonchev–Trinajstić information content (AvgIpc) is 3.01. The van der Waals surface area contributed by atoms with Crippen LogP contribution in [0.2, 0.25) is 0 Å². The van der Waals surface area contributed by atoms with Crippen LogP contribution in [-0.4, -0.2) is 15.0 Å². The van der Waals surface area contributed by atoms with Crippen LogP contribution in [0.5, 0.6) is 0 Å². The first kappa shape index (κ1) is 22.1. The Bertz CT molecular complexity index is 1890. The zero-order chi connectivity index (χ0) is 25.3. The summed E-state index contributed by atoms with van der Waals surface area (Å²) in [7, 11) is 0. The number of benzene rings is 5. The highest BCUT2D eigenvalue weighted by Gasteiger charge is 2.14. The SMILES string of the molecule is c1ccc(-c2nc3ccccc3nc2-c2ccc(-c3cccc4c(-c5ccccn5)cccc34)cc2)cc1. The van der Waals surface area contributed by atoms with Gasteiger partial charge in [0.15, 0.2) is 0 Å². The summed E-state index contributed by atoms with van der Waals surface area (Å²) < 4.78 is 0. The van der Waals surface area contributed by atoms with Gasteiger partial charge in [0, 0.05) is 22.9 Å². The summed E-state index contributed by atoms with van der Waals surface area (Å²) in [6, 6.07) is 46.0. The molecule has 7 rings (SSSR count). The largest absolute Gasteiger partial charge is 0.256 e. The Balaban J connectivity index is 1.35. The van der Waals surface area contributed by atoms with Gasteiger partial charge in [0.05, 0.1) is 28.1 Å². The van der Waals surface area contributed by atoms with Crippen LogP contribution in [0.25, 0.3) is 66.7 Å². The van der Waals surface area contributed by atoms with Crippen molar-refractivity contribution in [3.8, 4) is 44.9 Å². The van der Waals surface area contributed by atoms with E-state index in [-0.39, 0.29) is 0 Å². The van der Waals surface area contributed by atoms with Crippen LogP contribution in [0.4, 0.5) is 0 Å². The summed E-state index contributed by atoms with van der Waals surface area (Å²) in [6.45, 7) is 0. The summed E-state index contributed by atoms with van der Waals surface area (Å²) in [4.78, 5) is 14.7. The molecule has 0 spiro atoms. The second kappa shape index (κ2) is 9.38. The predicted octanol–water partition coefficient (Wildman–Crippen LogP) is 8.85. The van der Waals surface area contributed by atoms with E-state index < -0.39 is 0 Å². The highest BCUT2D eigenvalue weighted by molar-refractivity contribution is 6.04. The molecule has 0 unspecified atom stereocenters. The standard InChI is InChI=1S/C35H23N3/c1-2-10-25(11-3-1)34-35(38-33-18-5-4-17-32(33)37-34)26-21-19-24(20-22-26)27-12-8-14-29-28(27)13-9-15-30(29)31-16-6-7-23-36-31/h1-23H. The molecule has 2 aromatic heterocycles. The average molecular weight is 486 g/mol. The normalized spacial score (nSPS) is 11.2. The molecule has 0 saturated heterocycles. The molecule has 0 amide bonds. The van der Waals surface area contributed by atoms with Crippen molar-refractivity contribution in [3.63, 3.8) is 0 Å². The monoisotopic (exact) mass is 485 g/mol. The molecule has 0 bridgehead atoms. The fourth-order valence-electron chi connectivity index (χ4n) is 5.11. The maximum absolute atomic E-state index is 5.05. The van der Waals surface area contributed by atoms with E-state index in [0.29, 0.717) is 0 Å². The van der Waals surface area contributed by atoms with Gasteiger partial charge in [-0.05, 0) is 46.2 Å². The first-order chi connectivity index (χ1) is 18.8. The third-order valence-electron chi connectivity index (χ3n) is 6.95. The Morgan fingerprint density at radius 3 is 1.58 bits per heavy atom. The molecule has 0 radical (unpaired) electrons. The Labute approximate surface area is 221 Å². The number of hydrogen-bond donors (Lipinski definition) is 0. The lowest BCUT2D eigenvalue weighted by Gasteiger charge is -2.13. The molecule has 3 nitrogen and oxygen atoms in total. The maximum atomic E-state index is 5.05. The number of aromatic nitrogens is 3. The van der Waals surface area contributed by atoms with Crippen LogP contribution < -0.4 is 0 Å². The molecule has 0 N–H and O–H groups in total. The molecule has 0 aliphatic carbocycles. The van der Waals surface area contributed by atoms with Gasteiger partial charge in [-0.3, -0.25) is 4.98 Å². The van der Waals surface area contributed by atoms with Gasteiger partial charge in [-0.15, -0.1) is 0 Å². The van der Waals surface area contributed by atoms with E-state index in [9.17, 15) is 0 Å². The second-order valence-corrected chi connectivity index (χ2v) is 9.27. The van der Waals surface area contributed by atoms with E-state index >= 15 is 0 Å². The van der Waals surface area contributed by atoms with Gasteiger partial charge < -0.3 is 0 Å². The summed E-state index contributed by atoms with van der Waals surface area (Å²) in [5.41, 5.74) is 10.1. The van der Waals surface area contributed by atoms with Crippen molar-refractivity contribution in [3.05, 3.63) is 140 Å². The van der Waals surface area contributed by atoms with Gasteiger partial charge >= 0.3 is 0 Å². The van der Waals surface area contributed by atoms with Crippen LogP contribution in [0, 0.1) is 0 Å². The third-order valence-corrected chi connectivity index (χ3v) is 6.95. The number of fused-ring (bicyclic) bond motifs is 2. The van der Waals surface area contributed by atoms with Gasteiger partial charge in [-0.2, -0.15) is 0 Å². The third kappa shape index (κ3) is 3.91. The number of rotatable bonds is 4. The maximum Gasteiger partial charge on any atom is 0.0973 e. The molecule has 0 aliphatic heterocycles. The number of pyridine rings is 1. The van der Waals surface area contributed by atoms with Crippen LogP contribution in [0.15, 0.2) is 140 Å². The van der Waals surface area contributed by atoms with Crippen molar-refractivity contribution in [1.82, 2.24) is 15.0 Å². The molecule has 2 heterocycles. The van der Waals surface area contributed by atoms with E-state index in [4.69, 9.17) is 9.97 Å². The second-order valence-electron chi connectivity index (χ2n) is 9.27. The molecule has 38 heavy (non-hydrogen) atoms. The fraction of sp³-hybridized carbons (Fsp3) is 0. The Kier molecular flexibility index (Phi) is 5.45. The highest BCUT2D eigenvalue weighted by atomic mass is 14.8. The summed E-state index contributed by atoms with van der Waals surface area (Å²) in [5.74, 6) is 0. The van der Waals surface area contributed by atoms with Crippen molar-refractivity contribution in [2.45, 2.75) is 0 Å². The Morgan fingerprint density at radius 2 is 0.921 bits per heavy atom. The van der Waals surface area contributed by atoms with Crippen LogP contribution >= 0.6 is 0 Å². The molecular weight excluding hydrogens is 462 g/mol. The van der Waals surface area contributed by atoms with Crippen LogP contribution in [0.1, 0.15) is 0 Å². The van der Waals surface area contributed by atoms with E-state index in [2.05, 4.69) is 83.8 Å². The minimum absolute atomic E-state index is 0.886. The van der Waals surface area contributed by atoms with Crippen molar-refractivity contribution in [2.24, 2.45) is 0 Å². The molecule has 0 aliphatic rings. The molecule has 0 atom stereocenters. The Hall–Kier alpha value is -5.15. The van der Waals surface area contributed by atoms with Crippen molar-refractivity contribution in [2.75, 3.05) is 0 Å². The first-order valence-corrected chi connectivity index (χ1v) is 12.7. The molecule has 7 aromatic rings. The predicted molar refractivity (Wildman–Crippen MR) is 157 cm³/mol. The number of para-hydroxylation sites is 2. The molecule has 0 fully saturated rings. The lowest BCUT2D eigenvalue weighted by molar-refractivity contribution is 1.29. The summed E-state index contributed by atoms with van der Waals surface area (Å²) >= 11 is 0. The topological polar surface area (TPSA) is 38.7 Å². The lowest BCUT2D eigenvalue weighted by atomic mass is 9.93. The fourth-order valence-corrected chi connectivity index (χ4v) is 5.11. The van der Waals surface area contributed by atoms with Crippen molar-refractivity contribution >= 4 is 21.8 Å². The van der Waals surface area contributed by atoms with Crippen molar-refractivity contribution in [1.29, 1.82) is 0 Å². The molecule has 3 heteroatoms. The molecular formula is C35H23N3. The van der Waals surface area contributed by atoms with Crippen LogP contribution in [-0.2, 0) is 0 Å². The molecule has 5 aromatic carbocycles. The first-order valence-electron chi connectivity index (χ1n) is 12.7. The number of hydrogen-bond acceptors (Lipinski definition) is 3. The zero-order valence-electron chi connectivity index (χ0n) is 20.6. The van der Waals surface area contributed by atoms with E-state index in [0.717, 1.165) is 50.4 Å². The smallest absolute Gasteiger partial charge is 0.0973 e. The quantitative estimate of drug-likeness (QED) is 0.250. The van der Waals surface area contributed by atoms with Gasteiger partial charge in [0.1, 0.15) is 0 Å². The highest BCUT2D eigenvalue weighted by Crippen LogP contribution is 2.36. The van der Waals surface area contributed by atoms with Gasteiger partial charge in [0.2, 0.25) is 0 Å². The van der Waals surface area contributed by atoms with Crippen LogP contribution in [0.3, 0.4) is 0 Å². The minimum Gasteiger partial charge on any atom is -0.256 e.